The fourth-order valence-electron chi connectivity index (χ4n) is 2.69. The molecule has 0 spiro atoms. The van der Waals surface area contributed by atoms with Gasteiger partial charge in [-0.1, -0.05) is 51.1 Å². The first-order valence-electron chi connectivity index (χ1n) is 8.96. The molecule has 2 unspecified atom stereocenters. The van der Waals surface area contributed by atoms with Gasteiger partial charge in [-0.25, -0.2) is 9.97 Å². The summed E-state index contributed by atoms with van der Waals surface area (Å²) in [6.45, 7) is 5.90. The second-order valence-corrected chi connectivity index (χ2v) is 6.78. The molecule has 27 heavy (non-hydrogen) atoms. The average molecular weight is 364 g/mol. The number of hydrogen-bond acceptors (Lipinski definition) is 5. The van der Waals surface area contributed by atoms with Crippen LogP contribution in [-0.4, -0.2) is 25.7 Å². The van der Waals surface area contributed by atoms with Gasteiger partial charge in [-0.2, -0.15) is 9.78 Å². The van der Waals surface area contributed by atoms with Crippen LogP contribution in [0.3, 0.4) is 0 Å². The van der Waals surface area contributed by atoms with Crippen LogP contribution in [0.4, 0.5) is 5.82 Å². The molecule has 2 atom stereocenters. The molecule has 1 amide bonds. The number of benzene rings is 1. The molecular formula is C20H24N6O. The zero-order valence-electron chi connectivity index (χ0n) is 15.7. The Morgan fingerprint density at radius 1 is 1.07 bits per heavy atom. The highest BCUT2D eigenvalue weighted by Crippen LogP contribution is 2.24. The van der Waals surface area contributed by atoms with Gasteiger partial charge in [0.15, 0.2) is 0 Å². The maximum Gasteiger partial charge on any atom is 0.252 e. The molecule has 7 heteroatoms. The molecule has 1 aromatic carbocycles. The smallest absolute Gasteiger partial charge is 0.252 e. The van der Waals surface area contributed by atoms with E-state index in [1.54, 1.807) is 23.1 Å². The lowest BCUT2D eigenvalue weighted by Crippen LogP contribution is -2.31. The Bertz CT molecular complexity index is 891. The summed E-state index contributed by atoms with van der Waals surface area (Å²) in [5.41, 5.74) is 8.05. The van der Waals surface area contributed by atoms with E-state index in [9.17, 15) is 4.79 Å². The van der Waals surface area contributed by atoms with E-state index < -0.39 is 12.0 Å². The molecule has 3 N–H and O–H groups in total. The minimum Gasteiger partial charge on any atom is -0.323 e. The maximum absolute atomic E-state index is 12.8. The van der Waals surface area contributed by atoms with Crippen LogP contribution in [0.25, 0.3) is 5.95 Å². The normalized spacial score (nSPS) is 13.4. The van der Waals surface area contributed by atoms with E-state index in [1.165, 1.54) is 0 Å². The molecule has 3 aromatic rings. The summed E-state index contributed by atoms with van der Waals surface area (Å²) < 4.78 is 1.55. The molecule has 7 nitrogen and oxygen atoms in total. The Morgan fingerprint density at radius 3 is 2.37 bits per heavy atom. The number of nitrogens with two attached hydrogens (primary N) is 1. The van der Waals surface area contributed by atoms with Crippen molar-refractivity contribution in [2.45, 2.75) is 32.7 Å². The summed E-state index contributed by atoms with van der Waals surface area (Å²) in [7, 11) is 0. The quantitative estimate of drug-likeness (QED) is 0.700. The van der Waals surface area contributed by atoms with E-state index in [4.69, 9.17) is 5.73 Å². The van der Waals surface area contributed by atoms with Crippen molar-refractivity contribution >= 4 is 11.7 Å². The summed E-state index contributed by atoms with van der Waals surface area (Å²) in [5.74, 6) is 0.532. The van der Waals surface area contributed by atoms with Gasteiger partial charge >= 0.3 is 0 Å². The summed E-state index contributed by atoms with van der Waals surface area (Å²) >= 11 is 0. The molecule has 2 aromatic heterocycles. The monoisotopic (exact) mass is 364 g/mol. The number of amides is 1. The van der Waals surface area contributed by atoms with Gasteiger partial charge in [0.2, 0.25) is 5.91 Å². The lowest BCUT2D eigenvalue weighted by molar-refractivity contribution is -0.120. The number of nitrogens with zero attached hydrogens (tertiary/aromatic N) is 4. The highest BCUT2D eigenvalue weighted by atomic mass is 16.2. The van der Waals surface area contributed by atoms with E-state index in [1.807, 2.05) is 57.2 Å². The second kappa shape index (κ2) is 8.09. The topological polar surface area (TPSA) is 98.7 Å². The molecule has 0 saturated carbocycles. The van der Waals surface area contributed by atoms with Crippen LogP contribution in [0.1, 0.15) is 44.0 Å². The van der Waals surface area contributed by atoms with E-state index >= 15 is 0 Å². The number of carbonyl (C=O) groups is 1. The molecule has 0 aliphatic heterocycles. The van der Waals surface area contributed by atoms with Gasteiger partial charge in [-0.3, -0.25) is 4.79 Å². The fourth-order valence-corrected chi connectivity index (χ4v) is 2.69. The summed E-state index contributed by atoms with van der Waals surface area (Å²) in [6.07, 6.45) is 3.28. The molecule has 3 rings (SSSR count). The Kier molecular flexibility index (Phi) is 5.61. The summed E-state index contributed by atoms with van der Waals surface area (Å²) in [4.78, 5) is 21.3. The number of hydrogen-bond donors (Lipinski definition) is 2. The zero-order valence-corrected chi connectivity index (χ0v) is 15.7. The first kappa shape index (κ1) is 18.7. The van der Waals surface area contributed by atoms with Crippen molar-refractivity contribution in [3.63, 3.8) is 0 Å². The first-order chi connectivity index (χ1) is 13.0. The van der Waals surface area contributed by atoms with E-state index in [-0.39, 0.29) is 11.8 Å². The summed E-state index contributed by atoms with van der Waals surface area (Å²) in [6, 6.07) is 12.8. The first-order valence-corrected chi connectivity index (χ1v) is 8.96. The predicted molar refractivity (Wildman–Crippen MR) is 104 cm³/mol. The van der Waals surface area contributed by atoms with Crippen molar-refractivity contribution in [3.8, 4) is 5.95 Å². The van der Waals surface area contributed by atoms with Gasteiger partial charge < -0.3 is 11.1 Å². The molecule has 2 heterocycles. The Labute approximate surface area is 158 Å². The van der Waals surface area contributed by atoms with Crippen molar-refractivity contribution in [3.05, 3.63) is 66.1 Å². The molecule has 0 aliphatic carbocycles. The lowest BCUT2D eigenvalue weighted by atomic mass is 9.95. The number of anilines is 1. The molecule has 140 valence electrons. The number of rotatable bonds is 6. The third-order valence-corrected chi connectivity index (χ3v) is 4.45. The Balaban J connectivity index is 1.85. The molecule has 0 fully saturated rings. The molecule has 0 saturated heterocycles. The van der Waals surface area contributed by atoms with Crippen molar-refractivity contribution in [1.82, 2.24) is 19.7 Å². The van der Waals surface area contributed by atoms with Crippen molar-refractivity contribution < 1.29 is 4.79 Å². The van der Waals surface area contributed by atoms with Gasteiger partial charge in [0.05, 0.1) is 11.6 Å². The van der Waals surface area contributed by atoms with Crippen molar-refractivity contribution in [2.24, 2.45) is 11.7 Å². The van der Waals surface area contributed by atoms with Gasteiger partial charge in [-0.15, -0.1) is 0 Å². The van der Waals surface area contributed by atoms with Crippen LogP contribution < -0.4 is 11.1 Å². The fraction of sp³-hybridized carbons (Fsp3) is 0.300. The minimum atomic E-state index is -0.421. The van der Waals surface area contributed by atoms with Crippen LogP contribution in [0.5, 0.6) is 0 Å². The number of nitrogens with one attached hydrogen (secondary N) is 1. The molecular weight excluding hydrogens is 340 g/mol. The van der Waals surface area contributed by atoms with Crippen molar-refractivity contribution in [1.29, 1.82) is 0 Å². The SMILES string of the molecule is CC(C)c1cc(NC(=O)C(C)C(N)c2ccccc2)n(-c2ncccn2)n1. The molecule has 0 radical (unpaired) electrons. The van der Waals surface area contributed by atoms with Gasteiger partial charge in [-0.05, 0) is 17.5 Å². The Hall–Kier alpha value is -3.06. The number of carbonyl (C=O) groups excluding carboxylic acids is 1. The van der Waals surface area contributed by atoms with E-state index in [0.29, 0.717) is 11.8 Å². The largest absolute Gasteiger partial charge is 0.323 e. The maximum atomic E-state index is 12.8. The minimum absolute atomic E-state index is 0.182. The van der Waals surface area contributed by atoms with Gasteiger partial charge in [0.25, 0.3) is 5.95 Å². The Morgan fingerprint density at radius 2 is 1.74 bits per heavy atom. The van der Waals surface area contributed by atoms with Gasteiger partial charge in [0, 0.05) is 24.5 Å². The highest BCUT2D eigenvalue weighted by molar-refractivity contribution is 5.92. The second-order valence-electron chi connectivity index (χ2n) is 6.78. The van der Waals surface area contributed by atoms with Crippen LogP contribution in [-0.2, 0) is 4.79 Å². The van der Waals surface area contributed by atoms with E-state index in [2.05, 4.69) is 20.4 Å². The van der Waals surface area contributed by atoms with Crippen LogP contribution >= 0.6 is 0 Å². The number of aromatic nitrogens is 4. The van der Waals surface area contributed by atoms with E-state index in [0.717, 1.165) is 11.3 Å². The zero-order chi connectivity index (χ0) is 19.4. The standard InChI is InChI=1S/C20H24N6O/c1-13(2)16-12-17(26(25-16)20-22-10-7-11-23-20)24-19(27)14(3)18(21)15-8-5-4-6-9-15/h4-14,18H,21H2,1-3H3,(H,24,27). The molecule has 0 aliphatic rings. The average Bonchev–Trinajstić information content (AvgIpc) is 3.12. The third kappa shape index (κ3) is 4.20. The lowest BCUT2D eigenvalue weighted by Gasteiger charge is -2.19. The van der Waals surface area contributed by atoms with Crippen LogP contribution in [0.15, 0.2) is 54.9 Å². The van der Waals surface area contributed by atoms with Crippen molar-refractivity contribution in [2.75, 3.05) is 5.32 Å². The predicted octanol–water partition coefficient (Wildman–Crippen LogP) is 3.06. The van der Waals surface area contributed by atoms with Crippen LogP contribution in [0, 0.1) is 5.92 Å². The van der Waals surface area contributed by atoms with Crippen LogP contribution in [0.2, 0.25) is 0 Å². The third-order valence-electron chi connectivity index (χ3n) is 4.45. The summed E-state index contributed by atoms with van der Waals surface area (Å²) in [5, 5.41) is 7.48. The van der Waals surface area contributed by atoms with Gasteiger partial charge in [0.1, 0.15) is 5.82 Å². The molecule has 0 bridgehead atoms. The highest BCUT2D eigenvalue weighted by Gasteiger charge is 2.24.